The average molecular weight is 201 g/mol. The SMILES string of the molecule is CCCCN1C[C@H](OC)CC[C@@H]1CO. The molecule has 3 nitrogen and oxygen atoms in total. The Morgan fingerprint density at radius 3 is 2.79 bits per heavy atom. The van der Waals surface area contributed by atoms with Gasteiger partial charge in [0.25, 0.3) is 0 Å². The summed E-state index contributed by atoms with van der Waals surface area (Å²) in [5.41, 5.74) is 0. The van der Waals surface area contributed by atoms with E-state index in [2.05, 4.69) is 11.8 Å². The Balaban J connectivity index is 2.38. The first-order valence-corrected chi connectivity index (χ1v) is 5.69. The second-order valence-corrected chi connectivity index (χ2v) is 4.12. The second-order valence-electron chi connectivity index (χ2n) is 4.12. The van der Waals surface area contributed by atoms with Crippen LogP contribution in [0, 0.1) is 0 Å². The normalized spacial score (nSPS) is 29.4. The van der Waals surface area contributed by atoms with E-state index in [0.29, 0.717) is 18.8 Å². The highest BCUT2D eigenvalue weighted by Crippen LogP contribution is 2.19. The van der Waals surface area contributed by atoms with E-state index >= 15 is 0 Å². The number of methoxy groups -OCH3 is 1. The molecule has 2 atom stereocenters. The van der Waals surface area contributed by atoms with Crippen molar-refractivity contribution in [1.29, 1.82) is 0 Å². The van der Waals surface area contributed by atoms with Crippen LogP contribution in [0.3, 0.4) is 0 Å². The molecule has 0 saturated carbocycles. The Hall–Kier alpha value is -0.120. The first-order valence-electron chi connectivity index (χ1n) is 5.69. The van der Waals surface area contributed by atoms with Crippen LogP contribution in [0.1, 0.15) is 32.6 Å². The first-order chi connectivity index (χ1) is 6.81. The molecular formula is C11H23NO2. The topological polar surface area (TPSA) is 32.7 Å². The summed E-state index contributed by atoms with van der Waals surface area (Å²) < 4.78 is 5.37. The number of ether oxygens (including phenoxy) is 1. The fourth-order valence-electron chi connectivity index (χ4n) is 2.10. The number of hydrogen-bond donors (Lipinski definition) is 1. The minimum absolute atomic E-state index is 0.292. The Kier molecular flexibility index (Phi) is 5.45. The molecule has 0 aliphatic carbocycles. The zero-order valence-corrected chi connectivity index (χ0v) is 9.41. The largest absolute Gasteiger partial charge is 0.395 e. The Morgan fingerprint density at radius 1 is 1.43 bits per heavy atom. The van der Waals surface area contributed by atoms with Crippen molar-refractivity contribution >= 4 is 0 Å². The van der Waals surface area contributed by atoms with E-state index in [4.69, 9.17) is 4.74 Å². The van der Waals surface area contributed by atoms with Crippen molar-refractivity contribution in [1.82, 2.24) is 4.90 Å². The maximum absolute atomic E-state index is 9.24. The van der Waals surface area contributed by atoms with Gasteiger partial charge in [0.1, 0.15) is 0 Å². The first kappa shape index (κ1) is 12.0. The molecule has 3 heteroatoms. The molecule has 1 aliphatic heterocycles. The van der Waals surface area contributed by atoms with Gasteiger partial charge in [-0.15, -0.1) is 0 Å². The molecule has 1 fully saturated rings. The van der Waals surface area contributed by atoms with Gasteiger partial charge in [0.15, 0.2) is 0 Å². The molecule has 1 N–H and O–H groups in total. The molecule has 0 radical (unpaired) electrons. The Labute approximate surface area is 87.1 Å². The molecule has 0 bridgehead atoms. The van der Waals surface area contributed by atoms with Gasteiger partial charge in [-0.2, -0.15) is 0 Å². The number of aliphatic hydroxyl groups is 1. The zero-order chi connectivity index (χ0) is 10.4. The van der Waals surface area contributed by atoms with Gasteiger partial charge >= 0.3 is 0 Å². The van der Waals surface area contributed by atoms with E-state index in [9.17, 15) is 5.11 Å². The van der Waals surface area contributed by atoms with Gasteiger partial charge in [-0.25, -0.2) is 0 Å². The summed E-state index contributed by atoms with van der Waals surface area (Å²) in [5.74, 6) is 0. The summed E-state index contributed by atoms with van der Waals surface area (Å²) in [4.78, 5) is 2.38. The van der Waals surface area contributed by atoms with Crippen LogP contribution < -0.4 is 0 Å². The number of likely N-dealkylation sites (tertiary alicyclic amines) is 1. The predicted octanol–water partition coefficient (Wildman–Crippen LogP) is 1.26. The number of piperidine rings is 1. The summed E-state index contributed by atoms with van der Waals surface area (Å²) in [6.07, 6.45) is 4.96. The van der Waals surface area contributed by atoms with Gasteiger partial charge in [-0.3, -0.25) is 4.90 Å². The molecule has 0 aromatic carbocycles. The van der Waals surface area contributed by atoms with E-state index in [1.807, 2.05) is 0 Å². The van der Waals surface area contributed by atoms with Crippen LogP contribution in [0.15, 0.2) is 0 Å². The van der Waals surface area contributed by atoms with Gasteiger partial charge in [0.2, 0.25) is 0 Å². The summed E-state index contributed by atoms with van der Waals surface area (Å²) in [7, 11) is 1.78. The number of rotatable bonds is 5. The van der Waals surface area contributed by atoms with Crippen LogP contribution in [0.5, 0.6) is 0 Å². The fraction of sp³-hybridized carbons (Fsp3) is 1.00. The third-order valence-electron chi connectivity index (χ3n) is 3.12. The van der Waals surface area contributed by atoms with Crippen molar-refractivity contribution in [3.05, 3.63) is 0 Å². The van der Waals surface area contributed by atoms with Gasteiger partial charge in [-0.1, -0.05) is 13.3 Å². The zero-order valence-electron chi connectivity index (χ0n) is 9.41. The molecule has 0 aromatic heterocycles. The summed E-state index contributed by atoms with van der Waals surface area (Å²) in [5, 5.41) is 9.24. The lowest BCUT2D eigenvalue weighted by atomic mass is 10.00. The molecule has 0 amide bonds. The van der Waals surface area contributed by atoms with E-state index in [1.165, 1.54) is 12.8 Å². The van der Waals surface area contributed by atoms with Gasteiger partial charge in [-0.05, 0) is 25.8 Å². The maximum atomic E-state index is 9.24. The molecule has 1 rings (SSSR count). The molecule has 0 aromatic rings. The number of aliphatic hydroxyl groups excluding tert-OH is 1. The van der Waals surface area contributed by atoms with Gasteiger partial charge < -0.3 is 9.84 Å². The molecule has 1 saturated heterocycles. The minimum atomic E-state index is 0.292. The highest BCUT2D eigenvalue weighted by Gasteiger charge is 2.26. The minimum Gasteiger partial charge on any atom is -0.395 e. The van der Waals surface area contributed by atoms with Crippen molar-refractivity contribution in [3.63, 3.8) is 0 Å². The van der Waals surface area contributed by atoms with Gasteiger partial charge in [0.05, 0.1) is 12.7 Å². The van der Waals surface area contributed by atoms with Crippen LogP contribution in [0.4, 0.5) is 0 Å². The third kappa shape index (κ3) is 3.23. The third-order valence-corrected chi connectivity index (χ3v) is 3.12. The monoisotopic (exact) mass is 201 g/mol. The average Bonchev–Trinajstić information content (AvgIpc) is 2.25. The van der Waals surface area contributed by atoms with Crippen LogP contribution in [-0.4, -0.2) is 49.0 Å². The summed E-state index contributed by atoms with van der Waals surface area (Å²) >= 11 is 0. The molecule has 0 spiro atoms. The van der Waals surface area contributed by atoms with Crippen molar-refractivity contribution in [2.45, 2.75) is 44.8 Å². The second kappa shape index (κ2) is 6.38. The predicted molar refractivity (Wildman–Crippen MR) is 57.4 cm³/mol. The summed E-state index contributed by atoms with van der Waals surface area (Å²) in [6, 6.07) is 0.368. The number of nitrogens with zero attached hydrogens (tertiary/aromatic N) is 1. The molecule has 84 valence electrons. The lowest BCUT2D eigenvalue weighted by Crippen LogP contribution is -2.48. The molecule has 14 heavy (non-hydrogen) atoms. The smallest absolute Gasteiger partial charge is 0.0698 e. The maximum Gasteiger partial charge on any atom is 0.0698 e. The lowest BCUT2D eigenvalue weighted by molar-refractivity contribution is -0.00969. The van der Waals surface area contributed by atoms with E-state index < -0.39 is 0 Å². The standard InChI is InChI=1S/C11H23NO2/c1-3-4-7-12-8-11(14-2)6-5-10(12)9-13/h10-11,13H,3-9H2,1-2H3/t10-,11-/m1/s1. The van der Waals surface area contributed by atoms with Crippen molar-refractivity contribution in [2.75, 3.05) is 26.8 Å². The van der Waals surface area contributed by atoms with Crippen LogP contribution in [-0.2, 0) is 4.74 Å². The van der Waals surface area contributed by atoms with Crippen LogP contribution >= 0.6 is 0 Å². The number of hydrogen-bond acceptors (Lipinski definition) is 3. The quantitative estimate of drug-likeness (QED) is 0.727. The van der Waals surface area contributed by atoms with E-state index in [1.54, 1.807) is 7.11 Å². The van der Waals surface area contributed by atoms with Crippen molar-refractivity contribution in [3.8, 4) is 0 Å². The Morgan fingerprint density at radius 2 is 2.21 bits per heavy atom. The van der Waals surface area contributed by atoms with E-state index in [-0.39, 0.29) is 0 Å². The lowest BCUT2D eigenvalue weighted by Gasteiger charge is -2.38. The molecule has 1 heterocycles. The van der Waals surface area contributed by atoms with Crippen LogP contribution in [0.25, 0.3) is 0 Å². The van der Waals surface area contributed by atoms with Crippen molar-refractivity contribution in [2.24, 2.45) is 0 Å². The highest BCUT2D eigenvalue weighted by molar-refractivity contribution is 4.81. The Bertz CT molecular complexity index is 152. The van der Waals surface area contributed by atoms with Crippen LogP contribution in [0.2, 0.25) is 0 Å². The van der Waals surface area contributed by atoms with Crippen molar-refractivity contribution < 1.29 is 9.84 Å². The highest BCUT2D eigenvalue weighted by atomic mass is 16.5. The number of unbranched alkanes of at least 4 members (excludes halogenated alkanes) is 1. The molecule has 1 aliphatic rings. The molecular weight excluding hydrogens is 178 g/mol. The fourth-order valence-corrected chi connectivity index (χ4v) is 2.10. The van der Waals surface area contributed by atoms with E-state index in [0.717, 1.165) is 25.9 Å². The molecule has 0 unspecified atom stereocenters. The summed E-state index contributed by atoms with van der Waals surface area (Å²) in [6.45, 7) is 4.58. The van der Waals surface area contributed by atoms with Gasteiger partial charge in [0, 0.05) is 19.7 Å².